The zero-order valence-corrected chi connectivity index (χ0v) is 22.0. The summed E-state index contributed by atoms with van der Waals surface area (Å²) in [5.74, 6) is 1.84. The first-order chi connectivity index (χ1) is 17.4. The number of nitrogens with zero attached hydrogens (tertiary/aromatic N) is 2. The van der Waals surface area contributed by atoms with E-state index in [0.717, 1.165) is 32.9 Å². The topological polar surface area (TPSA) is 79.6 Å². The molecule has 36 heavy (non-hydrogen) atoms. The van der Waals surface area contributed by atoms with Crippen LogP contribution in [0.1, 0.15) is 30.5 Å². The van der Waals surface area contributed by atoms with Crippen molar-refractivity contribution in [1.29, 1.82) is 0 Å². The number of anilines is 2. The summed E-state index contributed by atoms with van der Waals surface area (Å²) >= 11 is 9.29. The van der Waals surface area contributed by atoms with E-state index in [1.165, 1.54) is 6.92 Å². The molecule has 2 unspecified atom stereocenters. The fourth-order valence-electron chi connectivity index (χ4n) is 4.34. The lowest BCUT2D eigenvalue weighted by Crippen LogP contribution is -2.29. The minimum absolute atomic E-state index is 0.194. The summed E-state index contributed by atoms with van der Waals surface area (Å²) in [7, 11) is 1.56. The molecule has 5 rings (SSSR count). The number of hydrogen-bond donors (Lipinski definition) is 2. The maximum atomic E-state index is 11.8. The van der Waals surface area contributed by atoms with Crippen molar-refractivity contribution in [2.24, 2.45) is 0 Å². The van der Waals surface area contributed by atoms with Crippen molar-refractivity contribution in [1.82, 2.24) is 10.3 Å². The van der Waals surface area contributed by atoms with Crippen molar-refractivity contribution in [2.45, 2.75) is 19.0 Å². The molecule has 2 aromatic heterocycles. The summed E-state index contributed by atoms with van der Waals surface area (Å²) in [4.78, 5) is 18.4. The third kappa shape index (κ3) is 4.72. The van der Waals surface area contributed by atoms with Gasteiger partial charge in [-0.15, -0.1) is 0 Å². The monoisotopic (exact) mass is 562 g/mol. The summed E-state index contributed by atoms with van der Waals surface area (Å²) in [6.07, 6.45) is 1.76. The highest BCUT2D eigenvalue weighted by Gasteiger charge is 2.42. The van der Waals surface area contributed by atoms with Crippen LogP contribution in [0.5, 0.6) is 5.75 Å². The summed E-state index contributed by atoms with van der Waals surface area (Å²) in [5, 5.41) is 6.78. The molecule has 0 radical (unpaired) electrons. The number of thiocarbonyl (C=S) groups is 1. The van der Waals surface area contributed by atoms with E-state index in [4.69, 9.17) is 21.4 Å². The number of hydrogen-bond acceptors (Lipinski definition) is 5. The number of ether oxygens (including phenoxy) is 1. The molecule has 0 aliphatic carbocycles. The summed E-state index contributed by atoms with van der Waals surface area (Å²) in [6.45, 7) is 1.46. The molecular formula is C27H23BrN4O3S. The minimum atomic E-state index is -0.324. The van der Waals surface area contributed by atoms with Crippen molar-refractivity contribution in [2.75, 3.05) is 17.3 Å². The van der Waals surface area contributed by atoms with Gasteiger partial charge in [-0.05, 0) is 66.8 Å². The molecule has 182 valence electrons. The number of pyridine rings is 1. The molecule has 0 spiro atoms. The molecule has 2 aromatic carbocycles. The van der Waals surface area contributed by atoms with Crippen LogP contribution in [0.3, 0.4) is 0 Å². The summed E-state index contributed by atoms with van der Waals surface area (Å²) < 4.78 is 12.8. The fraction of sp³-hybridized carbons (Fsp3) is 0.148. The van der Waals surface area contributed by atoms with Crippen LogP contribution < -0.4 is 20.3 Å². The second-order valence-electron chi connectivity index (χ2n) is 8.27. The lowest BCUT2D eigenvalue weighted by atomic mass is 10.0. The molecule has 2 atom stereocenters. The van der Waals surface area contributed by atoms with Crippen LogP contribution in [0, 0.1) is 0 Å². The molecule has 7 nitrogen and oxygen atoms in total. The SMILES string of the molecule is COc1ccc(N2C(=S)NC(c3ccccn3)C2c2ccc(-c3ccc(Br)cc3)o2)cc1NC(C)=O. The molecule has 0 saturated carbocycles. The van der Waals surface area contributed by atoms with Crippen LogP contribution in [0.15, 0.2) is 87.9 Å². The molecule has 1 saturated heterocycles. The van der Waals surface area contributed by atoms with Crippen molar-refractivity contribution in [3.05, 3.63) is 94.9 Å². The second kappa shape index (κ2) is 10.1. The average Bonchev–Trinajstić information content (AvgIpc) is 3.49. The number of halogens is 1. The largest absolute Gasteiger partial charge is 0.495 e. The van der Waals surface area contributed by atoms with Gasteiger partial charge in [0.05, 0.1) is 24.5 Å². The molecule has 0 bridgehead atoms. The first-order valence-corrected chi connectivity index (χ1v) is 12.5. The van der Waals surface area contributed by atoms with Gasteiger partial charge in [0, 0.05) is 28.8 Å². The highest BCUT2D eigenvalue weighted by molar-refractivity contribution is 9.10. The zero-order valence-electron chi connectivity index (χ0n) is 19.6. The van der Waals surface area contributed by atoms with Gasteiger partial charge in [0.2, 0.25) is 5.91 Å². The van der Waals surface area contributed by atoms with Crippen LogP contribution in [0.25, 0.3) is 11.3 Å². The van der Waals surface area contributed by atoms with Gasteiger partial charge in [0.25, 0.3) is 0 Å². The molecule has 1 fully saturated rings. The van der Waals surface area contributed by atoms with Gasteiger partial charge < -0.3 is 24.7 Å². The van der Waals surface area contributed by atoms with Crippen LogP contribution >= 0.6 is 28.1 Å². The van der Waals surface area contributed by atoms with Gasteiger partial charge in [-0.2, -0.15) is 0 Å². The number of rotatable bonds is 6. The number of carbonyl (C=O) groups is 1. The number of carbonyl (C=O) groups excluding carboxylic acids is 1. The number of furan rings is 1. The van der Waals surface area contributed by atoms with Gasteiger partial charge in [0.1, 0.15) is 23.3 Å². The molecule has 2 N–H and O–H groups in total. The van der Waals surface area contributed by atoms with Gasteiger partial charge in [-0.1, -0.05) is 34.1 Å². The van der Waals surface area contributed by atoms with Gasteiger partial charge in [0.15, 0.2) is 5.11 Å². The molecule has 1 aliphatic heterocycles. The lowest BCUT2D eigenvalue weighted by molar-refractivity contribution is -0.114. The predicted octanol–water partition coefficient (Wildman–Crippen LogP) is 6.25. The van der Waals surface area contributed by atoms with E-state index >= 15 is 0 Å². The molecular weight excluding hydrogens is 540 g/mol. The number of aromatic nitrogens is 1. The Morgan fingerprint density at radius 1 is 1.14 bits per heavy atom. The summed E-state index contributed by atoms with van der Waals surface area (Å²) in [5.41, 5.74) is 3.14. The number of methoxy groups -OCH3 is 1. The first kappa shape index (κ1) is 24.0. The Kier molecular flexibility index (Phi) is 6.75. The standard InChI is InChI=1S/C27H23BrN4O3S/c1-16(33)30-21-15-19(10-11-23(21)34-2)32-26(25(31-27(32)36)20-5-3-4-14-29-20)24-13-12-22(35-24)17-6-8-18(28)9-7-17/h3-15,25-26H,1-2H3,(H,30,33)(H,31,36). The number of benzene rings is 2. The van der Waals surface area contributed by atoms with E-state index in [-0.39, 0.29) is 18.0 Å². The smallest absolute Gasteiger partial charge is 0.221 e. The zero-order chi connectivity index (χ0) is 25.2. The van der Waals surface area contributed by atoms with Crippen molar-refractivity contribution < 1.29 is 13.9 Å². The Morgan fingerprint density at radius 2 is 1.94 bits per heavy atom. The lowest BCUT2D eigenvalue weighted by Gasteiger charge is -2.27. The van der Waals surface area contributed by atoms with Crippen LogP contribution in [0.2, 0.25) is 0 Å². The number of nitrogens with one attached hydrogen (secondary N) is 2. The van der Waals surface area contributed by atoms with Crippen molar-refractivity contribution in [3.63, 3.8) is 0 Å². The van der Waals surface area contributed by atoms with Crippen LogP contribution in [-0.2, 0) is 4.79 Å². The van der Waals surface area contributed by atoms with Gasteiger partial charge >= 0.3 is 0 Å². The maximum absolute atomic E-state index is 11.8. The van der Waals surface area contributed by atoms with E-state index in [1.807, 2.05) is 77.7 Å². The van der Waals surface area contributed by atoms with E-state index in [2.05, 4.69) is 31.5 Å². The van der Waals surface area contributed by atoms with Crippen molar-refractivity contribution in [3.8, 4) is 17.1 Å². The van der Waals surface area contributed by atoms with E-state index in [0.29, 0.717) is 16.5 Å². The van der Waals surface area contributed by atoms with Gasteiger partial charge in [-0.25, -0.2) is 0 Å². The third-order valence-electron chi connectivity index (χ3n) is 5.92. The molecule has 9 heteroatoms. The third-order valence-corrected chi connectivity index (χ3v) is 6.76. The highest BCUT2D eigenvalue weighted by atomic mass is 79.9. The van der Waals surface area contributed by atoms with Crippen LogP contribution in [-0.4, -0.2) is 23.1 Å². The van der Waals surface area contributed by atoms with E-state index in [1.54, 1.807) is 13.3 Å². The van der Waals surface area contributed by atoms with Gasteiger partial charge in [-0.3, -0.25) is 9.78 Å². The molecule has 1 aliphatic rings. The Morgan fingerprint density at radius 3 is 2.64 bits per heavy atom. The number of amides is 1. The molecule has 1 amide bonds. The molecule has 4 aromatic rings. The Balaban J connectivity index is 1.60. The Hall–Kier alpha value is -3.69. The fourth-order valence-corrected chi connectivity index (χ4v) is 4.95. The first-order valence-electron chi connectivity index (χ1n) is 11.3. The second-order valence-corrected chi connectivity index (χ2v) is 9.57. The Labute approximate surface area is 222 Å². The maximum Gasteiger partial charge on any atom is 0.221 e. The van der Waals surface area contributed by atoms with Crippen LogP contribution in [0.4, 0.5) is 11.4 Å². The van der Waals surface area contributed by atoms with E-state index in [9.17, 15) is 4.79 Å². The normalized spacial score (nSPS) is 17.1. The van der Waals surface area contributed by atoms with E-state index < -0.39 is 0 Å². The predicted molar refractivity (Wildman–Crippen MR) is 147 cm³/mol. The highest BCUT2D eigenvalue weighted by Crippen LogP contribution is 2.44. The molecule has 3 heterocycles. The van der Waals surface area contributed by atoms with Crippen molar-refractivity contribution >= 4 is 50.5 Å². The minimum Gasteiger partial charge on any atom is -0.495 e. The average molecular weight is 563 g/mol. The Bertz CT molecular complexity index is 1410. The summed E-state index contributed by atoms with van der Waals surface area (Å²) in [6, 6.07) is 22.7. The quantitative estimate of drug-likeness (QED) is 0.269.